The van der Waals surface area contributed by atoms with Crippen molar-refractivity contribution in [2.75, 3.05) is 12.3 Å². The summed E-state index contributed by atoms with van der Waals surface area (Å²) in [6, 6.07) is 9.51. The van der Waals surface area contributed by atoms with Gasteiger partial charge in [-0.2, -0.15) is 0 Å². The molecule has 1 aromatic carbocycles. The van der Waals surface area contributed by atoms with Crippen LogP contribution in [0.2, 0.25) is 0 Å². The van der Waals surface area contributed by atoms with Gasteiger partial charge in [0.25, 0.3) is 0 Å². The van der Waals surface area contributed by atoms with Gasteiger partial charge in [0.2, 0.25) is 0 Å². The Kier molecular flexibility index (Phi) is 3.56. The van der Waals surface area contributed by atoms with E-state index in [2.05, 4.69) is 0 Å². The number of nitrogens with two attached hydrogens (primary N) is 1. The summed E-state index contributed by atoms with van der Waals surface area (Å²) in [5.74, 6) is 0.507. The molecule has 110 valence electrons. The van der Waals surface area contributed by atoms with E-state index in [9.17, 15) is 4.79 Å². The molecule has 0 saturated heterocycles. The Hall–Kier alpha value is -2.43. The largest absolute Gasteiger partial charge is 0.486 e. The van der Waals surface area contributed by atoms with Crippen molar-refractivity contribution in [3.05, 3.63) is 47.8 Å². The van der Waals surface area contributed by atoms with Crippen molar-refractivity contribution < 1.29 is 14.3 Å². The first-order valence-electron chi connectivity index (χ1n) is 7.04. The molecule has 5 heteroatoms. The number of benzene rings is 1. The normalized spacial score (nSPS) is 16.3. The maximum atomic E-state index is 12.1. The predicted octanol–water partition coefficient (Wildman–Crippen LogP) is 2.25. The number of nitrogens with zero attached hydrogens (tertiary/aromatic N) is 1. The van der Waals surface area contributed by atoms with Crippen molar-refractivity contribution in [1.82, 2.24) is 4.57 Å². The first-order chi connectivity index (χ1) is 10.2. The van der Waals surface area contributed by atoms with Crippen molar-refractivity contribution in [3.8, 4) is 5.75 Å². The fraction of sp³-hybridized carbons (Fsp3) is 0.312. The van der Waals surface area contributed by atoms with Gasteiger partial charge in [-0.05, 0) is 24.6 Å². The second-order valence-corrected chi connectivity index (χ2v) is 5.09. The number of carbonyl (C=O) groups is 1. The highest BCUT2D eigenvalue weighted by Crippen LogP contribution is 2.28. The molecule has 2 N–H and O–H groups in total. The fourth-order valence-corrected chi connectivity index (χ4v) is 2.55. The topological polar surface area (TPSA) is 66.5 Å². The zero-order chi connectivity index (χ0) is 14.8. The Bertz CT molecular complexity index is 638. The van der Waals surface area contributed by atoms with Crippen LogP contribution in [0.3, 0.4) is 0 Å². The molecule has 0 bridgehead atoms. The number of rotatable bonds is 4. The molecule has 1 aromatic heterocycles. The van der Waals surface area contributed by atoms with E-state index in [4.69, 9.17) is 15.2 Å². The van der Waals surface area contributed by atoms with Crippen LogP contribution in [0.1, 0.15) is 23.0 Å². The smallest absolute Gasteiger partial charge is 0.355 e. The summed E-state index contributed by atoms with van der Waals surface area (Å²) in [6.07, 6.45) is 2.38. The fourth-order valence-electron chi connectivity index (χ4n) is 2.55. The van der Waals surface area contributed by atoms with Crippen molar-refractivity contribution in [2.45, 2.75) is 26.0 Å². The summed E-state index contributed by atoms with van der Waals surface area (Å²) in [7, 11) is 0. The Balaban J connectivity index is 1.60. The number of hydrogen-bond acceptors (Lipinski definition) is 4. The van der Waals surface area contributed by atoms with Gasteiger partial charge in [0.1, 0.15) is 24.2 Å². The second kappa shape index (κ2) is 5.52. The third kappa shape index (κ3) is 2.72. The van der Waals surface area contributed by atoms with Crippen LogP contribution in [0.5, 0.6) is 5.75 Å². The van der Waals surface area contributed by atoms with Crippen LogP contribution in [0.4, 0.5) is 5.69 Å². The molecule has 21 heavy (non-hydrogen) atoms. The van der Waals surface area contributed by atoms with Crippen LogP contribution in [0, 0.1) is 0 Å². The third-order valence-corrected chi connectivity index (χ3v) is 3.58. The maximum Gasteiger partial charge on any atom is 0.355 e. The van der Waals surface area contributed by atoms with Gasteiger partial charge in [0.05, 0.1) is 5.69 Å². The van der Waals surface area contributed by atoms with E-state index >= 15 is 0 Å². The van der Waals surface area contributed by atoms with Crippen LogP contribution in [0.15, 0.2) is 36.5 Å². The average molecular weight is 286 g/mol. The van der Waals surface area contributed by atoms with E-state index in [1.165, 1.54) is 0 Å². The van der Waals surface area contributed by atoms with Gasteiger partial charge in [-0.25, -0.2) is 4.79 Å². The first kappa shape index (κ1) is 13.5. The van der Waals surface area contributed by atoms with Crippen LogP contribution in [-0.4, -0.2) is 23.2 Å². The zero-order valence-electron chi connectivity index (χ0n) is 11.9. The Morgan fingerprint density at radius 2 is 2.29 bits per heavy atom. The van der Waals surface area contributed by atoms with E-state index in [1.807, 2.05) is 31.2 Å². The van der Waals surface area contributed by atoms with Gasteiger partial charge in [-0.1, -0.05) is 18.2 Å². The second-order valence-electron chi connectivity index (χ2n) is 5.09. The minimum Gasteiger partial charge on any atom is -0.486 e. The summed E-state index contributed by atoms with van der Waals surface area (Å²) in [5, 5.41) is 0. The van der Waals surface area contributed by atoms with Crippen LogP contribution in [-0.2, 0) is 17.7 Å². The summed E-state index contributed by atoms with van der Waals surface area (Å²) >= 11 is 0. The van der Waals surface area contributed by atoms with Gasteiger partial charge in [-0.3, -0.25) is 0 Å². The number of ether oxygens (including phenoxy) is 2. The molecule has 0 saturated carbocycles. The molecule has 1 unspecified atom stereocenters. The summed E-state index contributed by atoms with van der Waals surface area (Å²) in [4.78, 5) is 12.1. The van der Waals surface area contributed by atoms with Gasteiger partial charge in [-0.15, -0.1) is 0 Å². The molecule has 2 aromatic rings. The molecule has 0 radical (unpaired) electrons. The highest BCUT2D eigenvalue weighted by molar-refractivity contribution is 5.89. The molecule has 2 heterocycles. The summed E-state index contributed by atoms with van der Waals surface area (Å²) in [6.45, 7) is 2.86. The number of carbonyl (C=O) groups excluding carboxylic acids is 1. The van der Waals surface area contributed by atoms with Crippen molar-refractivity contribution in [3.63, 3.8) is 0 Å². The highest BCUT2D eigenvalue weighted by atomic mass is 16.6. The third-order valence-electron chi connectivity index (χ3n) is 3.58. The molecule has 1 aliphatic heterocycles. The molecular formula is C16H18N2O3. The number of fused-ring (bicyclic) bond motifs is 1. The lowest BCUT2D eigenvalue weighted by Crippen LogP contribution is -2.23. The summed E-state index contributed by atoms with van der Waals surface area (Å²) < 4.78 is 12.9. The highest BCUT2D eigenvalue weighted by Gasteiger charge is 2.24. The van der Waals surface area contributed by atoms with Crippen molar-refractivity contribution in [2.24, 2.45) is 0 Å². The van der Waals surface area contributed by atoms with Gasteiger partial charge in [0.15, 0.2) is 0 Å². The van der Waals surface area contributed by atoms with Crippen LogP contribution < -0.4 is 10.5 Å². The molecule has 1 aliphatic rings. The molecule has 0 amide bonds. The monoisotopic (exact) mass is 286 g/mol. The number of hydrogen-bond donors (Lipinski definition) is 1. The van der Waals surface area contributed by atoms with E-state index in [0.29, 0.717) is 17.9 Å². The first-order valence-corrected chi connectivity index (χ1v) is 7.04. The van der Waals surface area contributed by atoms with Crippen LogP contribution >= 0.6 is 0 Å². The number of aromatic nitrogens is 1. The lowest BCUT2D eigenvalue weighted by Gasteiger charge is -2.12. The molecule has 0 fully saturated rings. The number of nitrogen functional groups attached to an aromatic ring is 1. The number of esters is 1. The van der Waals surface area contributed by atoms with E-state index in [0.717, 1.165) is 17.7 Å². The average Bonchev–Trinajstić information content (AvgIpc) is 3.07. The Labute approximate surface area is 123 Å². The lowest BCUT2D eigenvalue weighted by atomic mass is 10.1. The number of aryl methyl sites for hydroxylation is 1. The van der Waals surface area contributed by atoms with Gasteiger partial charge in [0, 0.05) is 19.2 Å². The van der Waals surface area contributed by atoms with E-state index in [1.54, 1.807) is 16.8 Å². The quantitative estimate of drug-likeness (QED) is 0.875. The number of anilines is 1. The van der Waals surface area contributed by atoms with Gasteiger partial charge < -0.3 is 19.8 Å². The van der Waals surface area contributed by atoms with E-state index in [-0.39, 0.29) is 18.7 Å². The predicted molar refractivity (Wildman–Crippen MR) is 79.4 cm³/mol. The molecular weight excluding hydrogens is 268 g/mol. The minimum atomic E-state index is -0.367. The molecule has 5 nitrogen and oxygen atoms in total. The van der Waals surface area contributed by atoms with Gasteiger partial charge >= 0.3 is 5.97 Å². The SMILES string of the molecule is CCn1cc(N)cc1C(=O)OCC1Cc2ccccc2O1. The number of para-hydroxylation sites is 1. The zero-order valence-corrected chi connectivity index (χ0v) is 11.9. The maximum absolute atomic E-state index is 12.1. The molecule has 1 atom stereocenters. The van der Waals surface area contributed by atoms with Crippen molar-refractivity contribution in [1.29, 1.82) is 0 Å². The molecule has 0 spiro atoms. The molecule has 0 aliphatic carbocycles. The summed E-state index contributed by atoms with van der Waals surface area (Å²) in [5.41, 5.74) is 7.91. The van der Waals surface area contributed by atoms with Crippen LogP contribution in [0.25, 0.3) is 0 Å². The van der Waals surface area contributed by atoms with Crippen molar-refractivity contribution >= 4 is 11.7 Å². The Morgan fingerprint density at radius 3 is 3.05 bits per heavy atom. The standard InChI is InChI=1S/C16H18N2O3/c1-2-18-9-12(17)8-14(18)16(19)20-10-13-7-11-5-3-4-6-15(11)21-13/h3-6,8-9,13H,2,7,10,17H2,1H3. The molecule has 3 rings (SSSR count). The Morgan fingerprint density at radius 1 is 1.48 bits per heavy atom. The lowest BCUT2D eigenvalue weighted by molar-refractivity contribution is 0.0335. The minimum absolute atomic E-state index is 0.117. The van der Waals surface area contributed by atoms with E-state index < -0.39 is 0 Å².